The summed E-state index contributed by atoms with van der Waals surface area (Å²) in [5.41, 5.74) is 5.25. The van der Waals surface area contributed by atoms with E-state index < -0.39 is 17.0 Å². The molecule has 8 nitrogen and oxygen atoms in total. The molecule has 1 amide bonds. The maximum absolute atomic E-state index is 11.8. The molecule has 0 spiro atoms. The largest absolute Gasteiger partial charge is 0.449 e. The molecule has 108 valence electrons. The molecule has 2 N–H and O–H groups in total. The summed E-state index contributed by atoms with van der Waals surface area (Å²) in [5.74, 6) is -1.18. The molecule has 20 heavy (non-hydrogen) atoms. The molecule has 0 aliphatic rings. The number of non-ortho nitro benzene ring substituents is 1. The van der Waals surface area contributed by atoms with Gasteiger partial charge < -0.3 is 15.4 Å². The van der Waals surface area contributed by atoms with Crippen LogP contribution in [-0.4, -0.2) is 41.9 Å². The van der Waals surface area contributed by atoms with Crippen molar-refractivity contribution in [3.05, 3.63) is 33.9 Å². The highest BCUT2D eigenvalue weighted by molar-refractivity contribution is 5.97. The van der Waals surface area contributed by atoms with Crippen LogP contribution in [0.4, 0.5) is 11.4 Å². The fourth-order valence-electron chi connectivity index (χ4n) is 1.49. The van der Waals surface area contributed by atoms with Crippen LogP contribution in [0.15, 0.2) is 18.2 Å². The number of nitrogens with two attached hydrogens (primary N) is 1. The van der Waals surface area contributed by atoms with Crippen LogP contribution < -0.4 is 5.73 Å². The smallest absolute Gasteiger partial charge is 0.341 e. The lowest BCUT2D eigenvalue weighted by Crippen LogP contribution is -2.35. The number of rotatable bonds is 4. The molecule has 0 aliphatic heterocycles. The van der Waals surface area contributed by atoms with Crippen molar-refractivity contribution >= 4 is 23.3 Å². The van der Waals surface area contributed by atoms with Crippen LogP contribution in [0.2, 0.25) is 0 Å². The Hall–Kier alpha value is -2.64. The molecule has 0 saturated carbocycles. The van der Waals surface area contributed by atoms with Gasteiger partial charge in [-0.05, 0) is 13.0 Å². The molecular weight excluding hydrogens is 266 g/mol. The predicted octanol–water partition coefficient (Wildman–Crippen LogP) is 0.810. The molecule has 0 heterocycles. The number of carbonyl (C=O) groups excluding carboxylic acids is 2. The summed E-state index contributed by atoms with van der Waals surface area (Å²) < 4.78 is 4.96. The number of nitro groups is 1. The van der Waals surface area contributed by atoms with Crippen LogP contribution in [-0.2, 0) is 9.53 Å². The first-order chi connectivity index (χ1) is 9.23. The average Bonchev–Trinajstić information content (AvgIpc) is 2.36. The SMILES string of the molecule is C[C@H](OC(=O)c1ccc([N+](=O)[O-])cc1N)C(=O)N(C)C. The topological polar surface area (TPSA) is 116 Å². The van der Waals surface area contributed by atoms with Crippen molar-refractivity contribution in [2.75, 3.05) is 19.8 Å². The lowest BCUT2D eigenvalue weighted by molar-refractivity contribution is -0.384. The molecule has 8 heteroatoms. The second-order valence-corrected chi connectivity index (χ2v) is 4.31. The van der Waals surface area contributed by atoms with E-state index in [2.05, 4.69) is 0 Å². The molecule has 1 atom stereocenters. The predicted molar refractivity (Wildman–Crippen MR) is 71.1 cm³/mol. The van der Waals surface area contributed by atoms with E-state index in [1.165, 1.54) is 32.0 Å². The van der Waals surface area contributed by atoms with E-state index in [0.717, 1.165) is 12.1 Å². The number of hydrogen-bond acceptors (Lipinski definition) is 6. The van der Waals surface area contributed by atoms with Crippen molar-refractivity contribution in [3.63, 3.8) is 0 Å². The molecule has 0 radical (unpaired) electrons. The normalized spacial score (nSPS) is 11.6. The minimum Gasteiger partial charge on any atom is -0.449 e. The van der Waals surface area contributed by atoms with Crippen molar-refractivity contribution in [1.29, 1.82) is 0 Å². The van der Waals surface area contributed by atoms with E-state index >= 15 is 0 Å². The maximum atomic E-state index is 11.8. The molecule has 0 saturated heterocycles. The van der Waals surface area contributed by atoms with Crippen LogP contribution in [0.5, 0.6) is 0 Å². The summed E-state index contributed by atoms with van der Waals surface area (Å²) in [4.78, 5) is 34.6. The van der Waals surface area contributed by atoms with Crippen LogP contribution >= 0.6 is 0 Å². The standard InChI is InChI=1S/C12H15N3O5/c1-7(11(16)14(2)3)20-12(17)9-5-4-8(15(18)19)6-10(9)13/h4-7H,13H2,1-3H3/t7-/m0/s1. The number of nitrogen functional groups attached to an aromatic ring is 1. The monoisotopic (exact) mass is 281 g/mol. The summed E-state index contributed by atoms with van der Waals surface area (Å²) >= 11 is 0. The van der Waals surface area contributed by atoms with Crippen molar-refractivity contribution in [2.45, 2.75) is 13.0 Å². The summed E-state index contributed by atoms with van der Waals surface area (Å²) in [6.07, 6.45) is -0.966. The van der Waals surface area contributed by atoms with E-state index in [1.54, 1.807) is 0 Å². The van der Waals surface area contributed by atoms with Crippen molar-refractivity contribution < 1.29 is 19.2 Å². The van der Waals surface area contributed by atoms with Crippen molar-refractivity contribution in [3.8, 4) is 0 Å². The van der Waals surface area contributed by atoms with Gasteiger partial charge in [-0.15, -0.1) is 0 Å². The van der Waals surface area contributed by atoms with Gasteiger partial charge in [0.2, 0.25) is 0 Å². The molecule has 1 rings (SSSR count). The number of nitrogens with zero attached hydrogens (tertiary/aromatic N) is 2. The molecule has 1 aromatic carbocycles. The Kier molecular flexibility index (Phi) is 4.63. The number of likely N-dealkylation sites (N-methyl/N-ethyl adjacent to an activating group) is 1. The number of ether oxygens (including phenoxy) is 1. The number of benzene rings is 1. The molecule has 1 aromatic rings. The Morgan fingerprint density at radius 1 is 1.40 bits per heavy atom. The number of anilines is 1. The molecular formula is C12H15N3O5. The first-order valence-electron chi connectivity index (χ1n) is 5.70. The first-order valence-corrected chi connectivity index (χ1v) is 5.70. The van der Waals surface area contributed by atoms with Gasteiger partial charge in [-0.2, -0.15) is 0 Å². The quantitative estimate of drug-likeness (QED) is 0.378. The third kappa shape index (κ3) is 3.44. The fourth-order valence-corrected chi connectivity index (χ4v) is 1.49. The molecule has 0 aliphatic carbocycles. The van der Waals surface area contributed by atoms with Gasteiger partial charge in [0.25, 0.3) is 11.6 Å². The summed E-state index contributed by atoms with van der Waals surface area (Å²) in [5, 5.41) is 10.6. The van der Waals surface area contributed by atoms with Crippen molar-refractivity contribution in [2.24, 2.45) is 0 Å². The molecule has 0 fully saturated rings. The second-order valence-electron chi connectivity index (χ2n) is 4.31. The van der Waals surface area contributed by atoms with Crippen LogP contribution in [0, 0.1) is 10.1 Å². The second kappa shape index (κ2) is 6.00. The van der Waals surface area contributed by atoms with Crippen LogP contribution in [0.1, 0.15) is 17.3 Å². The van der Waals surface area contributed by atoms with E-state index in [1.807, 2.05) is 0 Å². The van der Waals surface area contributed by atoms with Gasteiger partial charge in [-0.3, -0.25) is 14.9 Å². The Bertz CT molecular complexity index is 556. The number of hydrogen-bond donors (Lipinski definition) is 1. The maximum Gasteiger partial charge on any atom is 0.341 e. The Labute approximate surface area is 115 Å². The highest BCUT2D eigenvalue weighted by Gasteiger charge is 2.22. The minimum absolute atomic E-state index is 0.0194. The van der Waals surface area contributed by atoms with Gasteiger partial charge in [0.05, 0.1) is 16.2 Å². The molecule has 0 unspecified atom stereocenters. The van der Waals surface area contributed by atoms with Crippen LogP contribution in [0.3, 0.4) is 0 Å². The van der Waals surface area contributed by atoms with Gasteiger partial charge in [0.15, 0.2) is 6.10 Å². The third-order valence-electron chi connectivity index (χ3n) is 2.54. The fraction of sp³-hybridized carbons (Fsp3) is 0.333. The van der Waals surface area contributed by atoms with E-state index in [9.17, 15) is 19.7 Å². The number of nitro benzene ring substituents is 1. The average molecular weight is 281 g/mol. The highest BCUT2D eigenvalue weighted by Crippen LogP contribution is 2.21. The number of amides is 1. The van der Waals surface area contributed by atoms with Gasteiger partial charge in [-0.1, -0.05) is 0 Å². The Balaban J connectivity index is 2.88. The lowest BCUT2D eigenvalue weighted by atomic mass is 10.1. The van der Waals surface area contributed by atoms with Crippen molar-refractivity contribution in [1.82, 2.24) is 4.90 Å². The minimum atomic E-state index is -0.966. The highest BCUT2D eigenvalue weighted by atomic mass is 16.6. The van der Waals surface area contributed by atoms with E-state index in [0.29, 0.717) is 0 Å². The first kappa shape index (κ1) is 15.4. The van der Waals surface area contributed by atoms with Gasteiger partial charge in [-0.25, -0.2) is 4.79 Å². The van der Waals surface area contributed by atoms with Crippen LogP contribution in [0.25, 0.3) is 0 Å². The summed E-state index contributed by atoms with van der Waals surface area (Å²) in [7, 11) is 3.07. The number of carbonyl (C=O) groups is 2. The Morgan fingerprint density at radius 2 is 2.00 bits per heavy atom. The molecule has 0 bridgehead atoms. The van der Waals surface area contributed by atoms with Gasteiger partial charge >= 0.3 is 5.97 Å². The zero-order valence-electron chi connectivity index (χ0n) is 11.3. The molecule has 0 aromatic heterocycles. The van der Waals surface area contributed by atoms with Gasteiger partial charge in [0.1, 0.15) is 0 Å². The van der Waals surface area contributed by atoms with Gasteiger partial charge in [0, 0.05) is 26.2 Å². The van der Waals surface area contributed by atoms with E-state index in [-0.39, 0.29) is 22.8 Å². The number of esters is 1. The Morgan fingerprint density at radius 3 is 2.45 bits per heavy atom. The zero-order chi connectivity index (χ0) is 15.4. The summed E-state index contributed by atoms with van der Waals surface area (Å²) in [6, 6.07) is 3.41. The van der Waals surface area contributed by atoms with E-state index in [4.69, 9.17) is 10.5 Å². The lowest BCUT2D eigenvalue weighted by Gasteiger charge is -2.17. The zero-order valence-corrected chi connectivity index (χ0v) is 11.3. The third-order valence-corrected chi connectivity index (χ3v) is 2.54. The summed E-state index contributed by atoms with van der Waals surface area (Å²) in [6.45, 7) is 1.43.